The van der Waals surface area contributed by atoms with E-state index in [1.165, 1.54) is 12.8 Å². The molecule has 0 saturated carbocycles. The first kappa shape index (κ1) is 16.0. The second-order valence-corrected chi connectivity index (χ2v) is 7.36. The first-order chi connectivity index (χ1) is 10.6. The number of fused-ring (bicyclic) bond motifs is 2. The number of halogens is 1. The van der Waals surface area contributed by atoms with Crippen LogP contribution in [0.4, 0.5) is 0 Å². The lowest BCUT2D eigenvalue weighted by molar-refractivity contribution is -0.131. The molecule has 2 bridgehead atoms. The van der Waals surface area contributed by atoms with Crippen molar-refractivity contribution in [2.75, 3.05) is 26.7 Å². The molecule has 2 saturated heterocycles. The van der Waals surface area contributed by atoms with E-state index in [0.717, 1.165) is 29.5 Å². The van der Waals surface area contributed by atoms with Crippen LogP contribution in [0.3, 0.4) is 0 Å². The van der Waals surface area contributed by atoms with Gasteiger partial charge in [0.15, 0.2) is 0 Å². The predicted octanol–water partition coefficient (Wildman–Crippen LogP) is 2.23. The van der Waals surface area contributed by atoms with Gasteiger partial charge in [-0.1, -0.05) is 34.1 Å². The van der Waals surface area contributed by atoms with Crippen LogP contribution in [0.1, 0.15) is 24.8 Å². The van der Waals surface area contributed by atoms with Crippen molar-refractivity contribution in [3.8, 4) is 0 Å². The van der Waals surface area contributed by atoms with Gasteiger partial charge in [0.1, 0.15) is 0 Å². The summed E-state index contributed by atoms with van der Waals surface area (Å²) in [6, 6.07) is 9.33. The Labute approximate surface area is 141 Å². The second kappa shape index (κ2) is 7.11. The number of nitrogens with one attached hydrogen (secondary N) is 1. The van der Waals surface area contributed by atoms with Crippen LogP contribution in [0.2, 0.25) is 0 Å². The maximum atomic E-state index is 12.5. The summed E-state index contributed by atoms with van der Waals surface area (Å²) in [4.78, 5) is 16.6. The van der Waals surface area contributed by atoms with Crippen molar-refractivity contribution in [1.29, 1.82) is 0 Å². The van der Waals surface area contributed by atoms with Crippen molar-refractivity contribution in [3.63, 3.8) is 0 Å². The maximum Gasteiger partial charge on any atom is 0.236 e. The molecular formula is C17H24BrN3O. The van der Waals surface area contributed by atoms with Crippen molar-refractivity contribution in [2.24, 2.45) is 0 Å². The highest BCUT2D eigenvalue weighted by Gasteiger charge is 2.30. The number of nitrogens with zero attached hydrogens (tertiary/aromatic N) is 2. The van der Waals surface area contributed by atoms with E-state index < -0.39 is 0 Å². The second-order valence-electron chi connectivity index (χ2n) is 6.50. The molecule has 0 aromatic heterocycles. The molecule has 1 amide bonds. The Morgan fingerprint density at radius 1 is 1.32 bits per heavy atom. The first-order valence-corrected chi connectivity index (χ1v) is 8.87. The van der Waals surface area contributed by atoms with Crippen molar-refractivity contribution < 1.29 is 4.79 Å². The van der Waals surface area contributed by atoms with Crippen LogP contribution < -0.4 is 5.32 Å². The molecule has 2 fully saturated rings. The molecule has 0 aliphatic carbocycles. The van der Waals surface area contributed by atoms with Crippen LogP contribution in [-0.4, -0.2) is 54.5 Å². The van der Waals surface area contributed by atoms with E-state index in [-0.39, 0.29) is 5.91 Å². The molecule has 1 aromatic carbocycles. The van der Waals surface area contributed by atoms with Gasteiger partial charge in [-0.25, -0.2) is 0 Å². The summed E-state index contributed by atoms with van der Waals surface area (Å²) >= 11 is 3.55. The number of amides is 1. The molecule has 22 heavy (non-hydrogen) atoms. The minimum absolute atomic E-state index is 0.202. The van der Waals surface area contributed by atoms with Crippen LogP contribution in [0.25, 0.3) is 0 Å². The molecule has 2 atom stereocenters. The van der Waals surface area contributed by atoms with Crippen molar-refractivity contribution in [2.45, 2.75) is 37.9 Å². The lowest BCUT2D eigenvalue weighted by Crippen LogP contribution is -2.42. The van der Waals surface area contributed by atoms with E-state index in [1.807, 2.05) is 30.1 Å². The molecule has 120 valence electrons. The van der Waals surface area contributed by atoms with Gasteiger partial charge in [0.25, 0.3) is 0 Å². The average Bonchev–Trinajstić information content (AvgIpc) is 2.84. The number of hydrogen-bond acceptors (Lipinski definition) is 3. The van der Waals surface area contributed by atoms with Crippen molar-refractivity contribution >= 4 is 21.8 Å². The van der Waals surface area contributed by atoms with Gasteiger partial charge in [-0.2, -0.15) is 0 Å². The Kier molecular flexibility index (Phi) is 5.16. The molecule has 5 heteroatoms. The highest BCUT2D eigenvalue weighted by atomic mass is 79.9. The van der Waals surface area contributed by atoms with Gasteiger partial charge in [-0.3, -0.25) is 9.69 Å². The molecule has 0 radical (unpaired) electrons. The molecule has 4 nitrogen and oxygen atoms in total. The molecule has 2 unspecified atom stereocenters. The first-order valence-electron chi connectivity index (χ1n) is 8.07. The summed E-state index contributed by atoms with van der Waals surface area (Å²) in [6.45, 7) is 3.22. The van der Waals surface area contributed by atoms with Gasteiger partial charge >= 0.3 is 0 Å². The largest absolute Gasteiger partial charge is 0.340 e. The number of hydrogen-bond donors (Lipinski definition) is 1. The number of carbonyl (C=O) groups is 1. The summed E-state index contributed by atoms with van der Waals surface area (Å²) in [5, 5.41) is 3.66. The summed E-state index contributed by atoms with van der Waals surface area (Å²) in [6.07, 6.45) is 3.72. The van der Waals surface area contributed by atoms with Gasteiger partial charge in [-0.05, 0) is 30.9 Å². The minimum Gasteiger partial charge on any atom is -0.340 e. The molecule has 3 rings (SSSR count). The molecule has 2 aliphatic rings. The highest BCUT2D eigenvalue weighted by molar-refractivity contribution is 9.10. The van der Waals surface area contributed by atoms with Crippen LogP contribution in [0, 0.1) is 0 Å². The SMILES string of the molecule is CN(Cc1ccccc1Br)C(=O)CN1CCC2CCC(C1)N2. The number of benzene rings is 1. The summed E-state index contributed by atoms with van der Waals surface area (Å²) in [7, 11) is 1.89. The average molecular weight is 366 g/mol. The Bertz CT molecular complexity index is 536. The minimum atomic E-state index is 0.202. The highest BCUT2D eigenvalue weighted by Crippen LogP contribution is 2.21. The summed E-state index contributed by atoms with van der Waals surface area (Å²) in [5.74, 6) is 0.202. The van der Waals surface area contributed by atoms with E-state index in [4.69, 9.17) is 0 Å². The zero-order valence-corrected chi connectivity index (χ0v) is 14.7. The molecule has 2 aliphatic heterocycles. The molecule has 1 N–H and O–H groups in total. The predicted molar refractivity (Wildman–Crippen MR) is 91.6 cm³/mol. The molecule has 1 aromatic rings. The zero-order valence-electron chi connectivity index (χ0n) is 13.1. The van der Waals surface area contributed by atoms with Gasteiger partial charge in [-0.15, -0.1) is 0 Å². The van der Waals surface area contributed by atoms with Crippen LogP contribution in [0.5, 0.6) is 0 Å². The van der Waals surface area contributed by atoms with E-state index >= 15 is 0 Å². The van der Waals surface area contributed by atoms with Gasteiger partial charge in [0.2, 0.25) is 5.91 Å². The number of rotatable bonds is 4. The fourth-order valence-electron chi connectivity index (χ4n) is 3.44. The standard InChI is InChI=1S/C17H24BrN3O/c1-20(10-13-4-2-3-5-16(13)18)17(22)12-21-9-8-14-6-7-15(11-21)19-14/h2-5,14-15,19H,6-12H2,1H3. The fourth-order valence-corrected chi connectivity index (χ4v) is 3.85. The van der Waals surface area contributed by atoms with Gasteiger partial charge in [0, 0.05) is 43.2 Å². The Hall–Kier alpha value is -0.910. The molecule has 0 spiro atoms. The Morgan fingerprint density at radius 3 is 2.91 bits per heavy atom. The monoisotopic (exact) mass is 365 g/mol. The van der Waals surface area contributed by atoms with Crippen molar-refractivity contribution in [3.05, 3.63) is 34.3 Å². The third kappa shape index (κ3) is 3.89. The lowest BCUT2D eigenvalue weighted by Gasteiger charge is -2.26. The lowest BCUT2D eigenvalue weighted by atomic mass is 10.1. The third-order valence-corrected chi connectivity index (χ3v) is 5.53. The van der Waals surface area contributed by atoms with Gasteiger partial charge < -0.3 is 10.2 Å². The molecule has 2 heterocycles. The topological polar surface area (TPSA) is 35.6 Å². The van der Waals surface area contributed by atoms with E-state index in [1.54, 1.807) is 0 Å². The maximum absolute atomic E-state index is 12.5. The normalized spacial score (nSPS) is 25.0. The van der Waals surface area contributed by atoms with E-state index in [2.05, 4.69) is 32.2 Å². The van der Waals surface area contributed by atoms with Gasteiger partial charge in [0.05, 0.1) is 6.54 Å². The quantitative estimate of drug-likeness (QED) is 0.888. The number of carbonyl (C=O) groups excluding carboxylic acids is 1. The van der Waals surface area contributed by atoms with Crippen LogP contribution in [-0.2, 0) is 11.3 Å². The smallest absolute Gasteiger partial charge is 0.236 e. The molecular weight excluding hydrogens is 342 g/mol. The Morgan fingerprint density at radius 2 is 2.09 bits per heavy atom. The summed E-state index contributed by atoms with van der Waals surface area (Å²) < 4.78 is 1.06. The Balaban J connectivity index is 1.54. The van der Waals surface area contributed by atoms with E-state index in [9.17, 15) is 4.79 Å². The fraction of sp³-hybridized carbons (Fsp3) is 0.588. The number of likely N-dealkylation sites (tertiary alicyclic amines) is 1. The number of likely N-dealkylation sites (N-methyl/N-ethyl adjacent to an activating group) is 1. The zero-order chi connectivity index (χ0) is 15.5. The van der Waals surface area contributed by atoms with Crippen molar-refractivity contribution in [1.82, 2.24) is 15.1 Å². The van der Waals surface area contributed by atoms with Crippen LogP contribution in [0.15, 0.2) is 28.7 Å². The van der Waals surface area contributed by atoms with Crippen LogP contribution >= 0.6 is 15.9 Å². The summed E-state index contributed by atoms with van der Waals surface area (Å²) in [5.41, 5.74) is 1.15. The third-order valence-electron chi connectivity index (χ3n) is 4.76. The van der Waals surface area contributed by atoms with E-state index in [0.29, 0.717) is 25.2 Å².